The molecule has 1 aliphatic rings. The summed E-state index contributed by atoms with van der Waals surface area (Å²) in [6, 6.07) is 2.97. The zero-order valence-electron chi connectivity index (χ0n) is 12.6. The molecule has 4 unspecified atom stereocenters. The van der Waals surface area contributed by atoms with Crippen LogP contribution in [-0.4, -0.2) is 35.6 Å². The number of ether oxygens (including phenoxy) is 1. The first kappa shape index (κ1) is 14.5. The van der Waals surface area contributed by atoms with Crippen LogP contribution in [0.5, 0.6) is 0 Å². The van der Waals surface area contributed by atoms with Crippen LogP contribution in [0.2, 0.25) is 0 Å². The third-order valence-corrected chi connectivity index (χ3v) is 4.35. The molecule has 1 aromatic rings. The monoisotopic (exact) mass is 265 g/mol. The maximum atomic E-state index is 5.87. The second-order valence-corrected chi connectivity index (χ2v) is 5.75. The highest BCUT2D eigenvalue weighted by Gasteiger charge is 2.31. The van der Waals surface area contributed by atoms with Crippen molar-refractivity contribution < 1.29 is 4.74 Å². The summed E-state index contributed by atoms with van der Waals surface area (Å²) in [5, 5.41) is 8.09. The molecule has 0 saturated carbocycles. The molecule has 0 aromatic carbocycles. The zero-order valence-corrected chi connectivity index (χ0v) is 12.6. The Balaban J connectivity index is 2.00. The standard InChI is InChI=1S/C15H27N3O/c1-5-12(3)18-8-6-13(17-18)10-14(16-4)15-11(2)7-9-19-15/h6,8,11-12,14-16H,5,7,9-10H2,1-4H3. The third-order valence-electron chi connectivity index (χ3n) is 4.35. The van der Waals surface area contributed by atoms with Gasteiger partial charge in [0.1, 0.15) is 0 Å². The maximum absolute atomic E-state index is 5.87. The van der Waals surface area contributed by atoms with Crippen LogP contribution in [0, 0.1) is 5.92 Å². The van der Waals surface area contributed by atoms with E-state index in [9.17, 15) is 0 Å². The number of aromatic nitrogens is 2. The lowest BCUT2D eigenvalue weighted by atomic mass is 9.95. The van der Waals surface area contributed by atoms with Gasteiger partial charge in [0, 0.05) is 31.3 Å². The summed E-state index contributed by atoms with van der Waals surface area (Å²) in [4.78, 5) is 0. The van der Waals surface area contributed by atoms with Gasteiger partial charge in [-0.1, -0.05) is 13.8 Å². The van der Waals surface area contributed by atoms with Gasteiger partial charge in [-0.3, -0.25) is 4.68 Å². The van der Waals surface area contributed by atoms with Gasteiger partial charge < -0.3 is 10.1 Å². The molecule has 0 spiro atoms. The van der Waals surface area contributed by atoms with Crippen molar-refractivity contribution in [3.63, 3.8) is 0 Å². The minimum Gasteiger partial charge on any atom is -0.376 e. The Morgan fingerprint density at radius 3 is 2.95 bits per heavy atom. The summed E-state index contributed by atoms with van der Waals surface area (Å²) in [5.41, 5.74) is 1.15. The smallest absolute Gasteiger partial charge is 0.0758 e. The van der Waals surface area contributed by atoms with Gasteiger partial charge in [-0.05, 0) is 38.8 Å². The summed E-state index contributed by atoms with van der Waals surface area (Å²) in [7, 11) is 2.02. The molecule has 0 bridgehead atoms. The lowest BCUT2D eigenvalue weighted by Gasteiger charge is -2.25. The Hall–Kier alpha value is -0.870. The number of likely N-dealkylation sites (N-methyl/N-ethyl adjacent to an activating group) is 1. The summed E-state index contributed by atoms with van der Waals surface area (Å²) >= 11 is 0. The predicted octanol–water partition coefficient (Wildman–Crippen LogP) is 2.41. The molecule has 1 saturated heterocycles. The lowest BCUT2D eigenvalue weighted by Crippen LogP contribution is -2.42. The van der Waals surface area contributed by atoms with Crippen LogP contribution in [0.1, 0.15) is 45.3 Å². The second-order valence-electron chi connectivity index (χ2n) is 5.75. The maximum Gasteiger partial charge on any atom is 0.0758 e. The van der Waals surface area contributed by atoms with Crippen LogP contribution in [0.4, 0.5) is 0 Å². The molecule has 4 atom stereocenters. The van der Waals surface area contributed by atoms with E-state index in [1.54, 1.807) is 0 Å². The molecule has 4 nitrogen and oxygen atoms in total. The number of nitrogens with zero attached hydrogens (tertiary/aromatic N) is 2. The van der Waals surface area contributed by atoms with Gasteiger partial charge >= 0.3 is 0 Å². The molecule has 0 amide bonds. The van der Waals surface area contributed by atoms with E-state index >= 15 is 0 Å². The number of rotatable bonds is 6. The van der Waals surface area contributed by atoms with Crippen LogP contribution in [-0.2, 0) is 11.2 Å². The van der Waals surface area contributed by atoms with Crippen molar-refractivity contribution in [3.05, 3.63) is 18.0 Å². The van der Waals surface area contributed by atoms with E-state index in [0.717, 1.165) is 25.1 Å². The molecule has 4 heteroatoms. The largest absolute Gasteiger partial charge is 0.376 e. The minimum absolute atomic E-state index is 0.318. The molecule has 2 rings (SSSR count). The summed E-state index contributed by atoms with van der Waals surface area (Å²) in [6.45, 7) is 7.57. The number of hydrogen-bond donors (Lipinski definition) is 1. The molecular formula is C15H27N3O. The molecule has 2 heterocycles. The lowest BCUT2D eigenvalue weighted by molar-refractivity contribution is 0.0630. The van der Waals surface area contributed by atoms with Gasteiger partial charge in [0.05, 0.1) is 11.8 Å². The van der Waals surface area contributed by atoms with Crippen molar-refractivity contribution in [1.82, 2.24) is 15.1 Å². The summed E-state index contributed by atoms with van der Waals surface area (Å²) < 4.78 is 7.94. The van der Waals surface area contributed by atoms with Crippen LogP contribution in [0.25, 0.3) is 0 Å². The van der Waals surface area contributed by atoms with E-state index in [4.69, 9.17) is 4.74 Å². The van der Waals surface area contributed by atoms with Crippen molar-refractivity contribution in [2.24, 2.45) is 5.92 Å². The van der Waals surface area contributed by atoms with Gasteiger partial charge in [0.2, 0.25) is 0 Å². The SMILES string of the molecule is CCC(C)n1ccc(CC(NC)C2OCCC2C)n1. The van der Waals surface area contributed by atoms with Crippen molar-refractivity contribution in [2.75, 3.05) is 13.7 Å². The van der Waals surface area contributed by atoms with Gasteiger partial charge in [-0.25, -0.2) is 0 Å². The van der Waals surface area contributed by atoms with Gasteiger partial charge in [0.15, 0.2) is 0 Å². The molecule has 1 aliphatic heterocycles. The summed E-state index contributed by atoms with van der Waals surface area (Å²) in [6.07, 6.45) is 5.63. The van der Waals surface area contributed by atoms with Crippen molar-refractivity contribution >= 4 is 0 Å². The highest BCUT2D eigenvalue weighted by atomic mass is 16.5. The average molecular weight is 265 g/mol. The molecule has 19 heavy (non-hydrogen) atoms. The summed E-state index contributed by atoms with van der Waals surface area (Å²) in [5.74, 6) is 0.633. The molecule has 1 N–H and O–H groups in total. The highest BCUT2D eigenvalue weighted by molar-refractivity contribution is 5.04. The second kappa shape index (κ2) is 6.53. The fourth-order valence-electron chi connectivity index (χ4n) is 2.76. The van der Waals surface area contributed by atoms with E-state index < -0.39 is 0 Å². The van der Waals surface area contributed by atoms with E-state index in [2.05, 4.69) is 48.1 Å². The van der Waals surface area contributed by atoms with Crippen molar-refractivity contribution in [3.8, 4) is 0 Å². The zero-order chi connectivity index (χ0) is 13.8. The molecule has 0 radical (unpaired) electrons. The third kappa shape index (κ3) is 3.37. The van der Waals surface area contributed by atoms with Gasteiger partial charge in [-0.2, -0.15) is 5.10 Å². The molecule has 1 aromatic heterocycles. The van der Waals surface area contributed by atoms with Crippen LogP contribution >= 0.6 is 0 Å². The normalized spacial score (nSPS) is 26.5. The Labute approximate surface area is 116 Å². The highest BCUT2D eigenvalue weighted by Crippen LogP contribution is 2.24. The minimum atomic E-state index is 0.318. The van der Waals surface area contributed by atoms with Crippen LogP contribution < -0.4 is 5.32 Å². The van der Waals surface area contributed by atoms with Crippen LogP contribution in [0.3, 0.4) is 0 Å². The van der Waals surface area contributed by atoms with Crippen molar-refractivity contribution in [2.45, 2.75) is 58.2 Å². The van der Waals surface area contributed by atoms with Gasteiger partial charge in [0.25, 0.3) is 0 Å². The Morgan fingerprint density at radius 2 is 2.37 bits per heavy atom. The van der Waals surface area contributed by atoms with Gasteiger partial charge in [-0.15, -0.1) is 0 Å². The molecule has 1 fully saturated rings. The molecule has 108 valence electrons. The number of hydrogen-bond acceptors (Lipinski definition) is 3. The first-order valence-electron chi connectivity index (χ1n) is 7.48. The van der Waals surface area contributed by atoms with Crippen LogP contribution in [0.15, 0.2) is 12.3 Å². The van der Waals surface area contributed by atoms with Crippen molar-refractivity contribution in [1.29, 1.82) is 0 Å². The fourth-order valence-corrected chi connectivity index (χ4v) is 2.76. The number of nitrogens with one attached hydrogen (secondary N) is 1. The average Bonchev–Trinajstić information content (AvgIpc) is 3.04. The van der Waals surface area contributed by atoms with E-state index in [1.807, 2.05) is 7.05 Å². The van der Waals surface area contributed by atoms with E-state index in [-0.39, 0.29) is 0 Å². The fraction of sp³-hybridized carbons (Fsp3) is 0.800. The topological polar surface area (TPSA) is 39.1 Å². The molecular weight excluding hydrogens is 238 g/mol. The first-order chi connectivity index (χ1) is 9.15. The first-order valence-corrected chi connectivity index (χ1v) is 7.48. The Morgan fingerprint density at radius 1 is 1.58 bits per heavy atom. The molecule has 0 aliphatic carbocycles. The Bertz CT molecular complexity index is 390. The predicted molar refractivity (Wildman–Crippen MR) is 77.3 cm³/mol. The quantitative estimate of drug-likeness (QED) is 0.858. The van der Waals surface area contributed by atoms with E-state index in [1.165, 1.54) is 6.42 Å². The van der Waals surface area contributed by atoms with E-state index in [0.29, 0.717) is 24.1 Å². The Kier molecular flexibility index (Phi) is 4.99.